The highest BCUT2D eigenvalue weighted by molar-refractivity contribution is 7.88. The normalized spacial score (nSPS) is 15.7. The molecule has 0 heterocycles. The minimum absolute atomic E-state index is 0.144. The Morgan fingerprint density at radius 3 is 2.00 bits per heavy atom. The number of hydrogen-bond donors (Lipinski definition) is 1. The highest BCUT2D eigenvalue weighted by Gasteiger charge is 2.15. The fourth-order valence-corrected chi connectivity index (χ4v) is 1.15. The van der Waals surface area contributed by atoms with Crippen molar-refractivity contribution in [2.24, 2.45) is 0 Å². The quantitative estimate of drug-likeness (QED) is 0.572. The molecule has 0 spiro atoms. The molecule has 0 radical (unpaired) electrons. The summed E-state index contributed by atoms with van der Waals surface area (Å²) in [4.78, 5) is 0. The van der Waals surface area contributed by atoms with Gasteiger partial charge in [-0.25, -0.2) is 8.42 Å². The van der Waals surface area contributed by atoms with Crippen molar-refractivity contribution >= 4 is 10.0 Å². The Labute approximate surface area is 62.3 Å². The van der Waals surface area contributed by atoms with Gasteiger partial charge in [-0.15, -0.1) is 0 Å². The number of nitrogens with zero attached hydrogens (tertiary/aromatic N) is 1. The molecular formula is C5H14N2O2S. The molecule has 1 atom stereocenters. The standard InChI is InChI=1S/C5H14N2O2S/c1-5(6-2)7(3)10(4,8)9/h5-6H,1-4H3. The minimum Gasteiger partial charge on any atom is -0.304 e. The zero-order valence-electron chi connectivity index (χ0n) is 6.75. The molecule has 0 fully saturated rings. The molecule has 0 saturated heterocycles. The predicted octanol–water partition coefficient (Wildman–Crippen LogP) is -0.557. The Balaban J connectivity index is 4.23. The molecule has 0 aliphatic rings. The maximum atomic E-state index is 10.8. The molecule has 62 valence electrons. The van der Waals surface area contributed by atoms with Crippen molar-refractivity contribution in [1.82, 2.24) is 9.62 Å². The van der Waals surface area contributed by atoms with Gasteiger partial charge in [0, 0.05) is 7.05 Å². The first-order chi connectivity index (χ1) is 4.39. The van der Waals surface area contributed by atoms with Gasteiger partial charge in [-0.05, 0) is 14.0 Å². The van der Waals surface area contributed by atoms with E-state index in [2.05, 4.69) is 5.32 Å². The molecule has 10 heavy (non-hydrogen) atoms. The van der Waals surface area contributed by atoms with Gasteiger partial charge in [-0.3, -0.25) is 0 Å². The van der Waals surface area contributed by atoms with Crippen LogP contribution in [-0.4, -0.2) is 39.2 Å². The SMILES string of the molecule is CNC(C)N(C)S(C)(=O)=O. The second kappa shape index (κ2) is 3.32. The van der Waals surface area contributed by atoms with E-state index < -0.39 is 10.0 Å². The van der Waals surface area contributed by atoms with E-state index in [0.717, 1.165) is 0 Å². The molecule has 0 amide bonds. The molecule has 0 aliphatic heterocycles. The summed E-state index contributed by atoms with van der Waals surface area (Å²) in [5, 5.41) is 2.82. The van der Waals surface area contributed by atoms with Crippen molar-refractivity contribution in [3.8, 4) is 0 Å². The Bertz CT molecular complexity index is 188. The fourth-order valence-electron chi connectivity index (χ4n) is 0.469. The first-order valence-electron chi connectivity index (χ1n) is 3.00. The maximum absolute atomic E-state index is 10.8. The summed E-state index contributed by atoms with van der Waals surface area (Å²) in [5.41, 5.74) is 0. The van der Waals surface area contributed by atoms with Crippen LogP contribution in [-0.2, 0) is 10.0 Å². The van der Waals surface area contributed by atoms with E-state index in [4.69, 9.17) is 0 Å². The van der Waals surface area contributed by atoms with Crippen LogP contribution in [0.25, 0.3) is 0 Å². The summed E-state index contributed by atoms with van der Waals surface area (Å²) in [7, 11) is 0.209. The Kier molecular flexibility index (Phi) is 3.27. The molecule has 1 unspecified atom stereocenters. The van der Waals surface area contributed by atoms with Gasteiger partial charge in [0.15, 0.2) is 0 Å². The summed E-state index contributed by atoms with van der Waals surface area (Å²) in [6, 6.07) is 0. The van der Waals surface area contributed by atoms with Crippen LogP contribution in [0.1, 0.15) is 6.92 Å². The second-order valence-electron chi connectivity index (χ2n) is 2.24. The van der Waals surface area contributed by atoms with Gasteiger partial charge in [0.05, 0.1) is 12.4 Å². The molecule has 0 aromatic carbocycles. The summed E-state index contributed by atoms with van der Waals surface area (Å²) in [6.07, 6.45) is 1.04. The second-order valence-corrected chi connectivity index (χ2v) is 4.29. The average molecular weight is 166 g/mol. The molecule has 4 nitrogen and oxygen atoms in total. The smallest absolute Gasteiger partial charge is 0.212 e. The number of rotatable bonds is 3. The van der Waals surface area contributed by atoms with Crippen LogP contribution in [0.4, 0.5) is 0 Å². The lowest BCUT2D eigenvalue weighted by molar-refractivity contribution is 0.354. The van der Waals surface area contributed by atoms with Crippen molar-refractivity contribution in [2.45, 2.75) is 13.1 Å². The Hall–Kier alpha value is -0.130. The number of sulfonamides is 1. The van der Waals surface area contributed by atoms with Crippen LogP contribution < -0.4 is 5.32 Å². The van der Waals surface area contributed by atoms with Crippen molar-refractivity contribution in [2.75, 3.05) is 20.4 Å². The van der Waals surface area contributed by atoms with Gasteiger partial charge in [0.2, 0.25) is 10.0 Å². The molecular weight excluding hydrogens is 152 g/mol. The summed E-state index contributed by atoms with van der Waals surface area (Å²) < 4.78 is 22.9. The lowest BCUT2D eigenvalue weighted by Gasteiger charge is -2.21. The fraction of sp³-hybridized carbons (Fsp3) is 1.00. The van der Waals surface area contributed by atoms with Crippen molar-refractivity contribution < 1.29 is 8.42 Å². The largest absolute Gasteiger partial charge is 0.304 e. The van der Waals surface area contributed by atoms with Gasteiger partial charge in [-0.1, -0.05) is 0 Å². The lowest BCUT2D eigenvalue weighted by Crippen LogP contribution is -2.42. The van der Waals surface area contributed by atoms with E-state index in [1.165, 1.54) is 17.6 Å². The lowest BCUT2D eigenvalue weighted by atomic mass is 10.6. The van der Waals surface area contributed by atoms with Crippen LogP contribution in [0.2, 0.25) is 0 Å². The van der Waals surface area contributed by atoms with Gasteiger partial charge >= 0.3 is 0 Å². The predicted molar refractivity (Wildman–Crippen MR) is 41.1 cm³/mol. The van der Waals surface area contributed by atoms with Crippen molar-refractivity contribution in [3.63, 3.8) is 0 Å². The summed E-state index contributed by atoms with van der Waals surface area (Å²) in [6.45, 7) is 1.78. The summed E-state index contributed by atoms with van der Waals surface area (Å²) >= 11 is 0. The highest BCUT2D eigenvalue weighted by Crippen LogP contribution is 1.96. The zero-order valence-corrected chi connectivity index (χ0v) is 7.57. The van der Waals surface area contributed by atoms with Gasteiger partial charge in [0.1, 0.15) is 0 Å². The molecule has 0 saturated carbocycles. The van der Waals surface area contributed by atoms with E-state index >= 15 is 0 Å². The molecule has 0 bridgehead atoms. The van der Waals surface area contributed by atoms with E-state index in [1.54, 1.807) is 14.0 Å². The van der Waals surface area contributed by atoms with E-state index in [-0.39, 0.29) is 6.17 Å². The van der Waals surface area contributed by atoms with Crippen LogP contribution in [0.15, 0.2) is 0 Å². The molecule has 0 rings (SSSR count). The first kappa shape index (κ1) is 9.87. The summed E-state index contributed by atoms with van der Waals surface area (Å²) in [5.74, 6) is 0. The monoisotopic (exact) mass is 166 g/mol. The molecule has 0 aliphatic carbocycles. The number of nitrogens with one attached hydrogen (secondary N) is 1. The average Bonchev–Trinajstić information content (AvgIpc) is 1.83. The van der Waals surface area contributed by atoms with Gasteiger partial charge in [-0.2, -0.15) is 4.31 Å². The van der Waals surface area contributed by atoms with Crippen LogP contribution >= 0.6 is 0 Å². The maximum Gasteiger partial charge on any atom is 0.212 e. The van der Waals surface area contributed by atoms with Gasteiger partial charge < -0.3 is 5.32 Å². The van der Waals surface area contributed by atoms with Crippen molar-refractivity contribution in [3.05, 3.63) is 0 Å². The van der Waals surface area contributed by atoms with E-state index in [9.17, 15) is 8.42 Å². The zero-order chi connectivity index (χ0) is 8.36. The van der Waals surface area contributed by atoms with Crippen LogP contribution in [0, 0.1) is 0 Å². The first-order valence-corrected chi connectivity index (χ1v) is 4.84. The van der Waals surface area contributed by atoms with Crippen LogP contribution in [0.5, 0.6) is 0 Å². The third kappa shape index (κ3) is 2.64. The van der Waals surface area contributed by atoms with E-state index in [1.807, 2.05) is 0 Å². The molecule has 0 aromatic rings. The molecule has 1 N–H and O–H groups in total. The highest BCUT2D eigenvalue weighted by atomic mass is 32.2. The minimum atomic E-state index is -3.04. The molecule has 5 heteroatoms. The van der Waals surface area contributed by atoms with Crippen molar-refractivity contribution in [1.29, 1.82) is 0 Å². The van der Waals surface area contributed by atoms with Gasteiger partial charge in [0.25, 0.3) is 0 Å². The Morgan fingerprint density at radius 1 is 1.50 bits per heavy atom. The number of hydrogen-bond acceptors (Lipinski definition) is 3. The molecule has 0 aromatic heterocycles. The van der Waals surface area contributed by atoms with Crippen LogP contribution in [0.3, 0.4) is 0 Å². The Morgan fingerprint density at radius 2 is 1.90 bits per heavy atom. The third-order valence-corrected chi connectivity index (χ3v) is 2.85. The topological polar surface area (TPSA) is 49.4 Å². The third-order valence-electron chi connectivity index (χ3n) is 1.49. The van der Waals surface area contributed by atoms with E-state index in [0.29, 0.717) is 0 Å².